The third-order valence-electron chi connectivity index (χ3n) is 6.09. The molecule has 3 heterocycles. The molecule has 0 fully saturated rings. The number of hydrogen-bond acceptors (Lipinski definition) is 5. The van der Waals surface area contributed by atoms with Crippen molar-refractivity contribution in [1.29, 1.82) is 0 Å². The minimum absolute atomic E-state index is 0.0648. The number of nitrogens with one attached hydrogen (secondary N) is 1. The van der Waals surface area contributed by atoms with Crippen LogP contribution in [0.2, 0.25) is 0 Å². The highest BCUT2D eigenvalue weighted by molar-refractivity contribution is 9.10. The van der Waals surface area contributed by atoms with Crippen LogP contribution in [0.25, 0.3) is 11.3 Å². The van der Waals surface area contributed by atoms with Crippen LogP contribution in [0.1, 0.15) is 27.2 Å². The number of hydrogen-bond donors (Lipinski definition) is 1. The van der Waals surface area contributed by atoms with Crippen molar-refractivity contribution in [2.24, 2.45) is 5.92 Å². The summed E-state index contributed by atoms with van der Waals surface area (Å²) in [5, 5.41) is 7.28. The minimum Gasteiger partial charge on any atom is -0.380 e. The van der Waals surface area contributed by atoms with Gasteiger partial charge in [0.25, 0.3) is 5.91 Å². The van der Waals surface area contributed by atoms with Crippen LogP contribution in [0.15, 0.2) is 69.3 Å². The Morgan fingerprint density at radius 3 is 2.66 bits per heavy atom. The van der Waals surface area contributed by atoms with Gasteiger partial charge in [-0.2, -0.15) is 0 Å². The molecule has 0 spiro atoms. The molecule has 7 heteroatoms. The summed E-state index contributed by atoms with van der Waals surface area (Å²) in [4.78, 5) is 28.3. The summed E-state index contributed by atoms with van der Waals surface area (Å²) >= 11 is 3.42. The van der Waals surface area contributed by atoms with E-state index in [0.29, 0.717) is 42.3 Å². The predicted molar refractivity (Wildman–Crippen MR) is 124 cm³/mol. The lowest BCUT2D eigenvalue weighted by molar-refractivity contribution is -0.128. The smallest absolute Gasteiger partial charge is 0.269 e. The molecule has 32 heavy (non-hydrogen) atoms. The zero-order valence-electron chi connectivity index (χ0n) is 17.6. The van der Waals surface area contributed by atoms with Gasteiger partial charge in [0.05, 0.1) is 17.2 Å². The van der Waals surface area contributed by atoms with E-state index in [4.69, 9.17) is 4.52 Å². The van der Waals surface area contributed by atoms with Crippen LogP contribution in [-0.4, -0.2) is 34.8 Å². The van der Waals surface area contributed by atoms with Crippen molar-refractivity contribution in [3.63, 3.8) is 0 Å². The Balaban J connectivity index is 1.36. The van der Waals surface area contributed by atoms with Gasteiger partial charge in [0.1, 0.15) is 11.5 Å². The number of Topliss-reactive ketones (excluding diaryl/α,β-unsaturated/α-hetero) is 1. The van der Waals surface area contributed by atoms with E-state index in [1.54, 1.807) is 13.0 Å². The lowest BCUT2D eigenvalue weighted by Gasteiger charge is -2.29. The summed E-state index contributed by atoms with van der Waals surface area (Å²) in [6.07, 6.45) is 2.59. The first-order valence-electron chi connectivity index (χ1n) is 10.6. The molecule has 2 aromatic carbocycles. The van der Waals surface area contributed by atoms with E-state index >= 15 is 0 Å². The Morgan fingerprint density at radius 1 is 1.12 bits per heavy atom. The normalized spacial score (nSPS) is 17.5. The summed E-state index contributed by atoms with van der Waals surface area (Å²) < 4.78 is 6.31. The predicted octanol–water partition coefficient (Wildman–Crippen LogP) is 4.28. The molecule has 2 aliphatic rings. The van der Waals surface area contributed by atoms with Gasteiger partial charge < -0.3 is 14.7 Å². The fourth-order valence-corrected chi connectivity index (χ4v) is 4.61. The van der Waals surface area contributed by atoms with Crippen molar-refractivity contribution in [1.82, 2.24) is 15.4 Å². The molecule has 1 N–H and O–H groups in total. The molecular weight excluding hydrogens is 470 g/mol. The van der Waals surface area contributed by atoms with Crippen LogP contribution < -0.4 is 5.32 Å². The SMILES string of the molecule is Cc1onc(-c2ccc(Br)cc2)c1C(=O)C1C=C(C(=O)N2CCc3ccccc3C2)NC1. The average Bonchev–Trinajstić information content (AvgIpc) is 3.46. The molecule has 1 aromatic heterocycles. The fraction of sp³-hybridized carbons (Fsp3) is 0.240. The number of rotatable bonds is 4. The second-order valence-corrected chi connectivity index (χ2v) is 9.06. The number of aryl methyl sites for hydroxylation is 1. The Labute approximate surface area is 194 Å². The maximum Gasteiger partial charge on any atom is 0.269 e. The Hall–Kier alpha value is -3.19. The third kappa shape index (κ3) is 3.77. The van der Waals surface area contributed by atoms with E-state index in [-0.39, 0.29) is 11.7 Å². The number of halogens is 1. The number of amides is 1. The lowest BCUT2D eigenvalue weighted by Crippen LogP contribution is -2.39. The molecule has 1 amide bonds. The largest absolute Gasteiger partial charge is 0.380 e. The van der Waals surface area contributed by atoms with Crippen molar-refractivity contribution in [3.05, 3.63) is 87.2 Å². The van der Waals surface area contributed by atoms with Gasteiger partial charge in [0, 0.05) is 29.7 Å². The van der Waals surface area contributed by atoms with Crippen LogP contribution >= 0.6 is 15.9 Å². The van der Waals surface area contributed by atoms with Gasteiger partial charge in [-0.1, -0.05) is 57.5 Å². The van der Waals surface area contributed by atoms with Crippen molar-refractivity contribution in [2.75, 3.05) is 13.1 Å². The molecule has 0 saturated carbocycles. The Morgan fingerprint density at radius 2 is 1.88 bits per heavy atom. The van der Waals surface area contributed by atoms with Crippen molar-refractivity contribution in [3.8, 4) is 11.3 Å². The number of fused-ring (bicyclic) bond motifs is 1. The highest BCUT2D eigenvalue weighted by Crippen LogP contribution is 2.30. The summed E-state index contributed by atoms with van der Waals surface area (Å²) in [6.45, 7) is 3.39. The Kier molecular flexibility index (Phi) is 5.43. The van der Waals surface area contributed by atoms with Crippen LogP contribution in [0, 0.1) is 12.8 Å². The Bertz CT molecular complexity index is 1230. The molecule has 0 radical (unpaired) electrons. The molecule has 0 aliphatic carbocycles. The third-order valence-corrected chi connectivity index (χ3v) is 6.62. The molecule has 1 atom stereocenters. The second-order valence-electron chi connectivity index (χ2n) is 8.15. The van der Waals surface area contributed by atoms with Gasteiger partial charge in [-0.25, -0.2) is 0 Å². The van der Waals surface area contributed by atoms with Gasteiger partial charge in [-0.05, 0) is 42.7 Å². The minimum atomic E-state index is -0.446. The van der Waals surface area contributed by atoms with E-state index < -0.39 is 5.92 Å². The van der Waals surface area contributed by atoms with Crippen LogP contribution in [0.3, 0.4) is 0 Å². The molecule has 5 rings (SSSR count). The van der Waals surface area contributed by atoms with Crippen molar-refractivity contribution in [2.45, 2.75) is 19.9 Å². The number of nitrogens with zero attached hydrogens (tertiary/aromatic N) is 2. The van der Waals surface area contributed by atoms with Gasteiger partial charge in [0.2, 0.25) is 0 Å². The molecule has 162 valence electrons. The summed E-state index contributed by atoms with van der Waals surface area (Å²) in [7, 11) is 0. The van der Waals surface area contributed by atoms with E-state index in [2.05, 4.69) is 38.5 Å². The highest BCUT2D eigenvalue weighted by atomic mass is 79.9. The molecule has 1 unspecified atom stereocenters. The van der Waals surface area contributed by atoms with E-state index in [1.165, 1.54) is 11.1 Å². The van der Waals surface area contributed by atoms with Crippen LogP contribution in [0.4, 0.5) is 0 Å². The molecule has 6 nitrogen and oxygen atoms in total. The van der Waals surface area contributed by atoms with Crippen molar-refractivity contribution < 1.29 is 14.1 Å². The topological polar surface area (TPSA) is 75.4 Å². The van der Waals surface area contributed by atoms with Crippen LogP contribution in [0.5, 0.6) is 0 Å². The highest BCUT2D eigenvalue weighted by Gasteiger charge is 2.33. The number of carbonyl (C=O) groups excluding carboxylic acids is 2. The average molecular weight is 492 g/mol. The monoisotopic (exact) mass is 491 g/mol. The molecule has 0 bridgehead atoms. The van der Waals surface area contributed by atoms with E-state index in [0.717, 1.165) is 16.5 Å². The first kappa shape index (κ1) is 20.7. The lowest BCUT2D eigenvalue weighted by atomic mass is 9.94. The molecule has 0 saturated heterocycles. The first-order valence-corrected chi connectivity index (χ1v) is 11.4. The number of carbonyl (C=O) groups is 2. The van der Waals surface area contributed by atoms with E-state index in [1.807, 2.05) is 41.3 Å². The summed E-state index contributed by atoms with van der Waals surface area (Å²) in [6, 6.07) is 15.8. The van der Waals surface area contributed by atoms with Gasteiger partial charge in [-0.15, -0.1) is 0 Å². The fourth-order valence-electron chi connectivity index (χ4n) is 4.35. The number of benzene rings is 2. The standard InChI is InChI=1S/C25H22BrN3O3/c1-15-22(23(28-32-15)17-6-8-20(26)9-7-17)24(30)19-12-21(27-13-19)25(31)29-11-10-16-4-2-3-5-18(16)14-29/h2-9,12,19,27H,10-11,13-14H2,1H3. The zero-order chi connectivity index (χ0) is 22.2. The zero-order valence-corrected chi connectivity index (χ0v) is 19.2. The van der Waals surface area contributed by atoms with E-state index in [9.17, 15) is 9.59 Å². The van der Waals surface area contributed by atoms with Crippen molar-refractivity contribution >= 4 is 27.6 Å². The number of ketones is 1. The van der Waals surface area contributed by atoms with Gasteiger partial charge in [0.15, 0.2) is 5.78 Å². The summed E-state index contributed by atoms with van der Waals surface area (Å²) in [5.74, 6) is -0.127. The molecule has 2 aliphatic heterocycles. The molecule has 3 aromatic rings. The second kappa shape index (κ2) is 8.39. The number of aromatic nitrogens is 1. The van der Waals surface area contributed by atoms with Gasteiger partial charge in [-0.3, -0.25) is 9.59 Å². The van der Waals surface area contributed by atoms with Gasteiger partial charge >= 0.3 is 0 Å². The van der Waals surface area contributed by atoms with Crippen LogP contribution in [-0.2, 0) is 17.8 Å². The first-order chi connectivity index (χ1) is 15.5. The quantitative estimate of drug-likeness (QED) is 0.551. The summed E-state index contributed by atoms with van der Waals surface area (Å²) in [5.41, 5.74) is 4.77. The molecular formula is C25H22BrN3O3. The maximum atomic E-state index is 13.4. The maximum absolute atomic E-state index is 13.4.